The van der Waals surface area contributed by atoms with Crippen LogP contribution in [0.4, 0.5) is 4.39 Å². The molecule has 3 rings (SSSR count). The summed E-state index contributed by atoms with van der Waals surface area (Å²) < 4.78 is 18.6. The Balaban J connectivity index is 2.11. The first kappa shape index (κ1) is 18.5. The van der Waals surface area contributed by atoms with Crippen molar-refractivity contribution in [3.63, 3.8) is 0 Å². The molecule has 140 valence electrons. The van der Waals surface area contributed by atoms with Gasteiger partial charge in [-0.15, -0.1) is 0 Å². The molecule has 26 heavy (non-hydrogen) atoms. The fourth-order valence-electron chi connectivity index (χ4n) is 4.42. The number of nitrogens with two attached hydrogens (primary N) is 1. The number of likely N-dealkylation sites (tertiary alicyclic amines) is 1. The molecular weight excluding hydrogens is 339 g/mol. The Morgan fingerprint density at radius 2 is 1.85 bits per heavy atom. The lowest BCUT2D eigenvalue weighted by molar-refractivity contribution is -0.734. The standard InChI is InChI=1S/C19H23FN2O4/c1-4-19(18(25)26-6-3)14-13(16(23)22(5-2)17(14)24)15(21-19)11-7-9-12(20)10-8-11/h7-10,13-15,21H,4-6H2,1-3H3/p+1/t13-,14-,15-,19+/m0/s1. The Kier molecular flexibility index (Phi) is 4.84. The van der Waals surface area contributed by atoms with Crippen LogP contribution in [0.1, 0.15) is 38.8 Å². The van der Waals surface area contributed by atoms with E-state index >= 15 is 0 Å². The van der Waals surface area contributed by atoms with Crippen molar-refractivity contribution in [3.8, 4) is 0 Å². The Bertz CT molecular complexity index is 736. The van der Waals surface area contributed by atoms with Gasteiger partial charge in [0.2, 0.25) is 17.4 Å². The molecule has 2 amide bonds. The predicted octanol–water partition coefficient (Wildman–Crippen LogP) is 0.777. The molecular formula is C19H24FN2O4+. The van der Waals surface area contributed by atoms with E-state index in [9.17, 15) is 18.8 Å². The third kappa shape index (κ3) is 2.53. The maximum atomic E-state index is 13.3. The van der Waals surface area contributed by atoms with E-state index in [1.807, 2.05) is 6.92 Å². The lowest BCUT2D eigenvalue weighted by Crippen LogP contribution is -2.98. The number of ether oxygens (including phenoxy) is 1. The van der Waals surface area contributed by atoms with Crippen LogP contribution in [0.5, 0.6) is 0 Å². The van der Waals surface area contributed by atoms with Gasteiger partial charge in [-0.05, 0) is 26.0 Å². The molecule has 2 fully saturated rings. The molecule has 6 nitrogen and oxygen atoms in total. The molecule has 0 unspecified atom stereocenters. The van der Waals surface area contributed by atoms with Crippen molar-refractivity contribution in [2.45, 2.75) is 38.8 Å². The highest BCUT2D eigenvalue weighted by atomic mass is 19.1. The van der Waals surface area contributed by atoms with E-state index < -0.39 is 29.4 Å². The highest BCUT2D eigenvalue weighted by Crippen LogP contribution is 2.45. The zero-order valence-electron chi connectivity index (χ0n) is 15.2. The highest BCUT2D eigenvalue weighted by molar-refractivity contribution is 6.08. The minimum Gasteiger partial charge on any atom is -0.461 e. The fourth-order valence-corrected chi connectivity index (χ4v) is 4.42. The van der Waals surface area contributed by atoms with Gasteiger partial charge in [-0.3, -0.25) is 14.5 Å². The number of carbonyl (C=O) groups excluding carboxylic acids is 3. The largest absolute Gasteiger partial charge is 0.461 e. The number of fused-ring (bicyclic) bond motifs is 1. The summed E-state index contributed by atoms with van der Waals surface area (Å²) in [4.78, 5) is 39.9. The smallest absolute Gasteiger partial charge is 0.368 e. The van der Waals surface area contributed by atoms with E-state index in [4.69, 9.17) is 4.74 Å². The third-order valence-electron chi connectivity index (χ3n) is 5.67. The first-order chi connectivity index (χ1) is 12.4. The molecule has 0 radical (unpaired) electrons. The minimum atomic E-state index is -1.14. The van der Waals surface area contributed by atoms with Crippen molar-refractivity contribution in [1.82, 2.24) is 4.90 Å². The fraction of sp³-hybridized carbons (Fsp3) is 0.526. The molecule has 2 aliphatic rings. The maximum absolute atomic E-state index is 13.3. The summed E-state index contributed by atoms with van der Waals surface area (Å²) >= 11 is 0. The van der Waals surface area contributed by atoms with Crippen molar-refractivity contribution >= 4 is 17.8 Å². The van der Waals surface area contributed by atoms with Crippen molar-refractivity contribution in [2.75, 3.05) is 13.2 Å². The number of nitrogens with zero attached hydrogens (tertiary/aromatic N) is 1. The van der Waals surface area contributed by atoms with Crippen molar-refractivity contribution < 1.29 is 28.8 Å². The van der Waals surface area contributed by atoms with Crippen molar-refractivity contribution in [2.24, 2.45) is 11.8 Å². The first-order valence-corrected chi connectivity index (χ1v) is 9.05. The summed E-state index contributed by atoms with van der Waals surface area (Å²) in [5, 5.41) is 1.79. The van der Waals surface area contributed by atoms with Crippen LogP contribution >= 0.6 is 0 Å². The quantitative estimate of drug-likeness (QED) is 0.619. The van der Waals surface area contributed by atoms with Gasteiger partial charge in [0.25, 0.3) is 0 Å². The molecule has 2 saturated heterocycles. The first-order valence-electron chi connectivity index (χ1n) is 9.05. The number of rotatable bonds is 5. The van der Waals surface area contributed by atoms with Crippen LogP contribution in [-0.2, 0) is 19.1 Å². The monoisotopic (exact) mass is 363 g/mol. The molecule has 0 aromatic heterocycles. The number of hydrogen-bond donors (Lipinski definition) is 1. The van der Waals surface area contributed by atoms with E-state index in [0.717, 1.165) is 5.56 Å². The van der Waals surface area contributed by atoms with Gasteiger partial charge in [0.05, 0.1) is 6.61 Å². The molecule has 7 heteroatoms. The summed E-state index contributed by atoms with van der Waals surface area (Å²) in [6.45, 7) is 5.75. The zero-order valence-corrected chi connectivity index (χ0v) is 15.2. The highest BCUT2D eigenvalue weighted by Gasteiger charge is 2.71. The van der Waals surface area contributed by atoms with Gasteiger partial charge in [-0.2, -0.15) is 0 Å². The number of imide groups is 1. The van der Waals surface area contributed by atoms with Crippen LogP contribution in [0.3, 0.4) is 0 Å². The van der Waals surface area contributed by atoms with Gasteiger partial charge in [0.15, 0.2) is 0 Å². The summed E-state index contributed by atoms with van der Waals surface area (Å²) in [7, 11) is 0. The van der Waals surface area contributed by atoms with Crippen LogP contribution < -0.4 is 5.32 Å². The normalized spacial score (nSPS) is 30.6. The summed E-state index contributed by atoms with van der Waals surface area (Å²) in [5.41, 5.74) is -0.420. The number of hydrogen-bond acceptors (Lipinski definition) is 4. The molecule has 2 N–H and O–H groups in total. The van der Waals surface area contributed by atoms with Gasteiger partial charge >= 0.3 is 5.97 Å². The van der Waals surface area contributed by atoms with Gasteiger partial charge in [-0.1, -0.05) is 19.1 Å². The lowest BCUT2D eigenvalue weighted by Gasteiger charge is -2.28. The summed E-state index contributed by atoms with van der Waals surface area (Å²) in [6, 6.07) is 5.44. The van der Waals surface area contributed by atoms with Gasteiger partial charge < -0.3 is 10.1 Å². The average molecular weight is 363 g/mol. The maximum Gasteiger partial charge on any atom is 0.368 e. The van der Waals surface area contributed by atoms with Crippen molar-refractivity contribution in [1.29, 1.82) is 0 Å². The number of benzene rings is 1. The van der Waals surface area contributed by atoms with Crippen LogP contribution in [0, 0.1) is 17.7 Å². The van der Waals surface area contributed by atoms with E-state index in [2.05, 4.69) is 0 Å². The number of halogens is 1. The van der Waals surface area contributed by atoms with Crippen LogP contribution in [0.15, 0.2) is 24.3 Å². The zero-order chi connectivity index (χ0) is 19.1. The van der Waals surface area contributed by atoms with Crippen LogP contribution in [-0.4, -0.2) is 41.4 Å². The van der Waals surface area contributed by atoms with Gasteiger partial charge in [-0.25, -0.2) is 9.18 Å². The predicted molar refractivity (Wildman–Crippen MR) is 90.1 cm³/mol. The van der Waals surface area contributed by atoms with Gasteiger partial charge in [0, 0.05) is 18.5 Å². The average Bonchev–Trinajstić information content (AvgIpc) is 3.11. The topological polar surface area (TPSA) is 80.3 Å². The minimum absolute atomic E-state index is 0.201. The molecule has 1 aromatic carbocycles. The second kappa shape index (κ2) is 6.79. The molecule has 0 aliphatic carbocycles. The molecule has 0 saturated carbocycles. The lowest BCUT2D eigenvalue weighted by atomic mass is 9.78. The van der Waals surface area contributed by atoms with Crippen LogP contribution in [0.2, 0.25) is 0 Å². The summed E-state index contributed by atoms with van der Waals surface area (Å²) in [5.74, 6) is -2.86. The van der Waals surface area contributed by atoms with Gasteiger partial charge in [0.1, 0.15) is 23.7 Å². The molecule has 1 aromatic rings. The Morgan fingerprint density at radius 1 is 1.19 bits per heavy atom. The molecule has 0 spiro atoms. The number of quaternary nitrogens is 1. The molecule has 2 heterocycles. The third-order valence-corrected chi connectivity index (χ3v) is 5.67. The van der Waals surface area contributed by atoms with E-state index in [-0.39, 0.29) is 30.8 Å². The summed E-state index contributed by atoms with van der Waals surface area (Å²) in [6.07, 6.45) is 0.362. The van der Waals surface area contributed by atoms with Crippen molar-refractivity contribution in [3.05, 3.63) is 35.6 Å². The molecule has 2 aliphatic heterocycles. The Hall–Kier alpha value is -2.28. The van der Waals surface area contributed by atoms with E-state index in [1.165, 1.54) is 17.0 Å². The molecule has 0 bridgehead atoms. The number of amides is 2. The van der Waals surface area contributed by atoms with Crippen LogP contribution in [0.25, 0.3) is 0 Å². The number of esters is 1. The Morgan fingerprint density at radius 3 is 2.38 bits per heavy atom. The van der Waals surface area contributed by atoms with E-state index in [1.54, 1.807) is 31.3 Å². The molecule has 4 atom stereocenters. The number of carbonyl (C=O) groups is 3. The SMILES string of the molecule is CCOC(=O)[C@]1(CC)[NH2+][C@@H](c2ccc(F)cc2)[C@H]2C(=O)N(CC)C(=O)[C@H]21. The Labute approximate surface area is 151 Å². The second-order valence-electron chi connectivity index (χ2n) is 6.78. The second-order valence-corrected chi connectivity index (χ2v) is 6.78. The van der Waals surface area contributed by atoms with E-state index in [0.29, 0.717) is 6.42 Å².